The van der Waals surface area contributed by atoms with E-state index in [1.54, 1.807) is 0 Å². The van der Waals surface area contributed by atoms with Crippen molar-refractivity contribution in [2.75, 3.05) is 6.61 Å². The van der Waals surface area contributed by atoms with Crippen molar-refractivity contribution in [2.24, 2.45) is 0 Å². The van der Waals surface area contributed by atoms with Crippen molar-refractivity contribution in [1.29, 1.82) is 0 Å². The van der Waals surface area contributed by atoms with Crippen LogP contribution >= 0.6 is 11.3 Å². The van der Waals surface area contributed by atoms with E-state index in [1.807, 2.05) is 54.6 Å². The highest BCUT2D eigenvalue weighted by Crippen LogP contribution is 2.41. The molecule has 2 aromatic carbocycles. The minimum Gasteiger partial charge on any atom is -0.488 e. The number of hydrogen-bond acceptors (Lipinski definition) is 7. The first kappa shape index (κ1) is 19.3. The molecule has 1 fully saturated rings. The lowest BCUT2D eigenvalue weighted by molar-refractivity contribution is -0.230. The highest BCUT2D eigenvalue weighted by atomic mass is 32.1. The molecule has 0 saturated carbocycles. The van der Waals surface area contributed by atoms with E-state index < -0.39 is 37.1 Å². The molecule has 7 heteroatoms. The second-order valence-electron chi connectivity index (χ2n) is 6.84. The molecule has 3 aromatic rings. The van der Waals surface area contributed by atoms with Crippen LogP contribution in [0.25, 0.3) is 10.1 Å². The Morgan fingerprint density at radius 3 is 2.46 bits per heavy atom. The molecule has 0 spiro atoms. The van der Waals surface area contributed by atoms with Gasteiger partial charge in [-0.2, -0.15) is 0 Å². The van der Waals surface area contributed by atoms with Crippen molar-refractivity contribution < 1.29 is 29.9 Å². The zero-order chi connectivity index (χ0) is 19.7. The summed E-state index contributed by atoms with van der Waals surface area (Å²) < 4.78 is 12.6. The van der Waals surface area contributed by atoms with Crippen molar-refractivity contribution >= 4 is 21.4 Å². The van der Waals surface area contributed by atoms with Gasteiger partial charge in [0.05, 0.1) is 6.61 Å². The molecule has 0 unspecified atom stereocenters. The third-order valence-corrected chi connectivity index (χ3v) is 6.11. The summed E-state index contributed by atoms with van der Waals surface area (Å²) in [6, 6.07) is 17.5. The summed E-state index contributed by atoms with van der Waals surface area (Å²) in [5, 5.41) is 40.7. The first-order chi connectivity index (χ1) is 13.6. The lowest BCUT2D eigenvalue weighted by atomic mass is 9.94. The maximum absolute atomic E-state index is 10.4. The summed E-state index contributed by atoms with van der Waals surface area (Å²) >= 11 is 1.42. The highest BCUT2D eigenvalue weighted by Gasteiger charge is 2.44. The second-order valence-corrected chi connectivity index (χ2v) is 7.96. The van der Waals surface area contributed by atoms with Crippen LogP contribution in [0.2, 0.25) is 0 Å². The van der Waals surface area contributed by atoms with Gasteiger partial charge in [-0.3, -0.25) is 0 Å². The van der Waals surface area contributed by atoms with Crippen LogP contribution in [-0.2, 0) is 11.3 Å². The van der Waals surface area contributed by atoms with Crippen LogP contribution in [0.5, 0.6) is 5.75 Å². The van der Waals surface area contributed by atoms with Crippen molar-refractivity contribution in [3.63, 3.8) is 0 Å². The van der Waals surface area contributed by atoms with Crippen LogP contribution in [0.15, 0.2) is 54.6 Å². The Labute approximate surface area is 166 Å². The van der Waals surface area contributed by atoms with Crippen LogP contribution in [0.4, 0.5) is 0 Å². The van der Waals surface area contributed by atoms with Crippen LogP contribution in [0.3, 0.4) is 0 Å². The van der Waals surface area contributed by atoms with Crippen molar-refractivity contribution in [1.82, 2.24) is 0 Å². The van der Waals surface area contributed by atoms with Crippen molar-refractivity contribution in [3.8, 4) is 5.75 Å². The number of fused-ring (bicyclic) bond motifs is 1. The molecule has 4 rings (SSSR count). The molecule has 1 aliphatic heterocycles. The number of benzene rings is 2. The van der Waals surface area contributed by atoms with Gasteiger partial charge in [-0.25, -0.2) is 0 Å². The van der Waals surface area contributed by atoms with E-state index in [9.17, 15) is 20.4 Å². The molecular formula is C21H22O6S. The molecule has 148 valence electrons. The van der Waals surface area contributed by atoms with E-state index in [0.29, 0.717) is 17.2 Å². The Balaban J connectivity index is 1.61. The van der Waals surface area contributed by atoms with Gasteiger partial charge in [0.2, 0.25) is 0 Å². The Morgan fingerprint density at radius 2 is 1.71 bits per heavy atom. The monoisotopic (exact) mass is 402 g/mol. The molecule has 0 amide bonds. The summed E-state index contributed by atoms with van der Waals surface area (Å²) in [7, 11) is 0. The number of aliphatic hydroxyl groups is 4. The first-order valence-corrected chi connectivity index (χ1v) is 9.90. The van der Waals surface area contributed by atoms with Crippen LogP contribution in [-0.4, -0.2) is 51.4 Å². The van der Waals surface area contributed by atoms with E-state index in [0.717, 1.165) is 15.6 Å². The minimum absolute atomic E-state index is 0.436. The van der Waals surface area contributed by atoms with Gasteiger partial charge in [0.25, 0.3) is 0 Å². The third-order valence-electron chi connectivity index (χ3n) is 4.95. The summed E-state index contributed by atoms with van der Waals surface area (Å²) in [5.74, 6) is 0.716. The molecule has 6 nitrogen and oxygen atoms in total. The van der Waals surface area contributed by atoms with Crippen LogP contribution < -0.4 is 4.74 Å². The predicted molar refractivity (Wildman–Crippen MR) is 105 cm³/mol. The van der Waals surface area contributed by atoms with E-state index in [-0.39, 0.29) is 0 Å². The van der Waals surface area contributed by atoms with Gasteiger partial charge in [-0.1, -0.05) is 36.4 Å². The highest BCUT2D eigenvalue weighted by molar-refractivity contribution is 7.19. The van der Waals surface area contributed by atoms with Gasteiger partial charge in [0, 0.05) is 15.0 Å². The van der Waals surface area contributed by atoms with E-state index in [1.165, 1.54) is 11.3 Å². The molecule has 4 N–H and O–H groups in total. The molecule has 28 heavy (non-hydrogen) atoms. The lowest BCUT2D eigenvalue weighted by Gasteiger charge is -2.39. The van der Waals surface area contributed by atoms with Crippen molar-refractivity contribution in [3.05, 3.63) is 65.0 Å². The quantitative estimate of drug-likeness (QED) is 0.521. The lowest BCUT2D eigenvalue weighted by Crippen LogP contribution is -2.55. The molecule has 0 aliphatic carbocycles. The maximum Gasteiger partial charge on any atom is 0.128 e. The molecule has 1 saturated heterocycles. The van der Waals surface area contributed by atoms with Gasteiger partial charge < -0.3 is 29.9 Å². The number of ether oxygens (including phenoxy) is 2. The second kappa shape index (κ2) is 8.16. The van der Waals surface area contributed by atoms with E-state index in [4.69, 9.17) is 9.47 Å². The molecule has 5 atom stereocenters. The maximum atomic E-state index is 10.4. The predicted octanol–water partition coefficient (Wildman–Crippen LogP) is 2.00. The first-order valence-electron chi connectivity index (χ1n) is 9.08. The average Bonchev–Trinajstić information content (AvgIpc) is 3.16. The summed E-state index contributed by atoms with van der Waals surface area (Å²) in [6.07, 6.45) is -5.82. The zero-order valence-corrected chi connectivity index (χ0v) is 15.8. The molecule has 1 aliphatic rings. The smallest absolute Gasteiger partial charge is 0.128 e. The number of aliphatic hydroxyl groups excluding tert-OH is 4. The van der Waals surface area contributed by atoms with Gasteiger partial charge in [-0.15, -0.1) is 11.3 Å². The van der Waals surface area contributed by atoms with Crippen LogP contribution in [0, 0.1) is 0 Å². The van der Waals surface area contributed by atoms with E-state index >= 15 is 0 Å². The Kier molecular flexibility index (Phi) is 5.63. The van der Waals surface area contributed by atoms with Crippen molar-refractivity contribution in [2.45, 2.75) is 37.1 Å². The number of thiophene rings is 1. The molecule has 1 aromatic heterocycles. The van der Waals surface area contributed by atoms with Gasteiger partial charge in [-0.05, 0) is 23.8 Å². The van der Waals surface area contributed by atoms with Crippen LogP contribution in [0.1, 0.15) is 16.5 Å². The fourth-order valence-corrected chi connectivity index (χ4v) is 4.55. The molecule has 0 radical (unpaired) electrons. The number of hydrogen-bond donors (Lipinski definition) is 4. The SMILES string of the molecule is OC[C@H]1O[C@@H](c2cc3c(OCc4ccccc4)cccc3s2)[C@H](O)[C@@H](O)[C@@H]1O. The summed E-state index contributed by atoms with van der Waals surface area (Å²) in [5.41, 5.74) is 1.06. The third kappa shape index (κ3) is 3.65. The largest absolute Gasteiger partial charge is 0.488 e. The fraction of sp³-hybridized carbons (Fsp3) is 0.333. The Morgan fingerprint density at radius 1 is 0.929 bits per heavy atom. The summed E-state index contributed by atoms with van der Waals surface area (Å²) in [4.78, 5) is 0.697. The minimum atomic E-state index is -1.39. The zero-order valence-electron chi connectivity index (χ0n) is 15.0. The molecule has 2 heterocycles. The summed E-state index contributed by atoms with van der Waals surface area (Å²) in [6.45, 7) is -0.0110. The van der Waals surface area contributed by atoms with Gasteiger partial charge in [0.15, 0.2) is 0 Å². The average molecular weight is 402 g/mol. The van der Waals surface area contributed by atoms with E-state index in [2.05, 4.69) is 0 Å². The topological polar surface area (TPSA) is 99.4 Å². The molecule has 0 bridgehead atoms. The standard InChI is InChI=1S/C21H22O6S/c22-10-15-18(23)19(24)20(25)21(27-15)17-9-13-14(7-4-8-16(13)28-17)26-11-12-5-2-1-3-6-12/h1-9,15,18-25H,10-11H2/t15-,18-,19+,20-,21+/m1/s1. The normalized spacial score (nSPS) is 27.8. The Hall–Kier alpha value is -2.00. The van der Waals surface area contributed by atoms with Gasteiger partial charge >= 0.3 is 0 Å². The van der Waals surface area contributed by atoms with Gasteiger partial charge in [0.1, 0.15) is 42.9 Å². The fourth-order valence-electron chi connectivity index (χ4n) is 3.39. The molecular weight excluding hydrogens is 380 g/mol. The Bertz CT molecular complexity index is 925. The number of rotatable bonds is 5.